The third-order valence-corrected chi connectivity index (χ3v) is 3.74. The Morgan fingerprint density at radius 2 is 1.50 bits per heavy atom. The molecule has 0 fully saturated rings. The summed E-state index contributed by atoms with van der Waals surface area (Å²) >= 11 is 0. The molecule has 0 unspecified atom stereocenters. The van der Waals surface area contributed by atoms with E-state index in [-0.39, 0.29) is 4.90 Å². The van der Waals surface area contributed by atoms with Crippen LogP contribution in [0.15, 0.2) is 35.2 Å². The normalized spacial score (nSPS) is 10.9. The van der Waals surface area contributed by atoms with Crippen molar-refractivity contribution in [3.8, 4) is 0 Å². The summed E-state index contributed by atoms with van der Waals surface area (Å²) < 4.78 is 31.9. The van der Waals surface area contributed by atoms with Crippen LogP contribution in [-0.2, 0) is 10.1 Å². The second kappa shape index (κ2) is 5.50. The number of aryl methyl sites for hydroxylation is 2. The fourth-order valence-corrected chi connectivity index (χ4v) is 2.87. The minimum atomic E-state index is -4.18. The average molecular weight is 266 g/mol. The Labute approximate surface area is 108 Å². The van der Waals surface area contributed by atoms with Crippen LogP contribution in [0.5, 0.6) is 0 Å². The lowest BCUT2D eigenvalue weighted by Crippen LogP contribution is -2.02. The van der Waals surface area contributed by atoms with Gasteiger partial charge in [-0.15, -0.1) is 0 Å². The Morgan fingerprint density at radius 3 is 2.06 bits per heavy atom. The molecule has 0 aromatic heterocycles. The summed E-state index contributed by atoms with van der Waals surface area (Å²) in [6.45, 7) is 7.58. The molecule has 0 aliphatic carbocycles. The predicted octanol–water partition coefficient (Wildman–Crippen LogP) is 3.73. The van der Waals surface area contributed by atoms with Crippen LogP contribution >= 0.6 is 0 Å². The molecule has 0 bridgehead atoms. The van der Waals surface area contributed by atoms with Gasteiger partial charge < -0.3 is 0 Å². The third-order valence-electron chi connectivity index (χ3n) is 2.68. The van der Waals surface area contributed by atoms with Crippen LogP contribution < -0.4 is 0 Å². The van der Waals surface area contributed by atoms with Gasteiger partial charge in [0.25, 0.3) is 10.1 Å². The molecule has 0 atom stereocenters. The smallest absolute Gasteiger partial charge is 0.282 e. The van der Waals surface area contributed by atoms with Gasteiger partial charge in [0.05, 0.1) is 0 Å². The van der Waals surface area contributed by atoms with E-state index in [1.165, 1.54) is 0 Å². The monoisotopic (exact) mass is 266 g/mol. The maximum atomic E-state index is 11.3. The van der Waals surface area contributed by atoms with E-state index in [0.717, 1.165) is 10.9 Å². The Bertz CT molecular complexity index is 658. The molecule has 0 heterocycles. The second-order valence-electron chi connectivity index (χ2n) is 3.86. The quantitative estimate of drug-likeness (QED) is 0.800. The standard InChI is InChI=1S/C12H12O3S.C2H6/c1-8-4-3-5-11-10(8)7-6-9(2)12(11)16(13,14)15;1-2/h3-7H,1-2H3,(H,13,14,15);1-2H3. The first kappa shape index (κ1) is 14.7. The van der Waals surface area contributed by atoms with Crippen molar-refractivity contribution in [1.82, 2.24) is 0 Å². The maximum Gasteiger partial charge on any atom is 0.295 e. The summed E-state index contributed by atoms with van der Waals surface area (Å²) in [5.74, 6) is 0. The zero-order valence-electron chi connectivity index (χ0n) is 11.1. The van der Waals surface area contributed by atoms with Crippen LogP contribution in [0.2, 0.25) is 0 Å². The van der Waals surface area contributed by atoms with Crippen molar-refractivity contribution in [2.75, 3.05) is 0 Å². The van der Waals surface area contributed by atoms with E-state index in [1.54, 1.807) is 25.1 Å². The summed E-state index contributed by atoms with van der Waals surface area (Å²) in [6, 6.07) is 8.97. The molecule has 0 saturated heterocycles. The van der Waals surface area contributed by atoms with Crippen molar-refractivity contribution in [3.05, 3.63) is 41.5 Å². The van der Waals surface area contributed by atoms with E-state index in [0.29, 0.717) is 10.9 Å². The zero-order chi connectivity index (χ0) is 13.9. The van der Waals surface area contributed by atoms with Gasteiger partial charge in [-0.05, 0) is 30.4 Å². The molecule has 98 valence electrons. The Morgan fingerprint density at radius 1 is 0.889 bits per heavy atom. The van der Waals surface area contributed by atoms with Crippen molar-refractivity contribution >= 4 is 20.9 Å². The van der Waals surface area contributed by atoms with Gasteiger partial charge in [0, 0.05) is 5.39 Å². The minimum Gasteiger partial charge on any atom is -0.282 e. The average Bonchev–Trinajstić information content (AvgIpc) is 2.30. The molecule has 2 aromatic carbocycles. The highest BCUT2D eigenvalue weighted by Crippen LogP contribution is 2.28. The fraction of sp³-hybridized carbons (Fsp3) is 0.286. The van der Waals surface area contributed by atoms with Gasteiger partial charge in [-0.2, -0.15) is 8.42 Å². The highest BCUT2D eigenvalue weighted by atomic mass is 32.2. The summed E-state index contributed by atoms with van der Waals surface area (Å²) in [4.78, 5) is 0.00806. The van der Waals surface area contributed by atoms with Crippen molar-refractivity contribution in [1.29, 1.82) is 0 Å². The maximum absolute atomic E-state index is 11.3. The summed E-state index contributed by atoms with van der Waals surface area (Å²) in [7, 11) is -4.18. The van der Waals surface area contributed by atoms with Gasteiger partial charge in [-0.25, -0.2) is 0 Å². The zero-order valence-corrected chi connectivity index (χ0v) is 11.9. The van der Waals surface area contributed by atoms with Gasteiger partial charge >= 0.3 is 0 Å². The first-order valence-corrected chi connectivity index (χ1v) is 7.31. The van der Waals surface area contributed by atoms with Crippen molar-refractivity contribution in [2.45, 2.75) is 32.6 Å². The summed E-state index contributed by atoms with van der Waals surface area (Å²) in [5, 5.41) is 1.42. The van der Waals surface area contributed by atoms with Crippen LogP contribution in [0.4, 0.5) is 0 Å². The number of hydrogen-bond acceptors (Lipinski definition) is 2. The van der Waals surface area contributed by atoms with E-state index in [1.807, 2.05) is 32.9 Å². The lowest BCUT2D eigenvalue weighted by atomic mass is 10.0. The van der Waals surface area contributed by atoms with Crippen molar-refractivity contribution in [2.24, 2.45) is 0 Å². The molecule has 2 aromatic rings. The molecule has 2 rings (SSSR count). The molecule has 0 amide bonds. The first-order valence-electron chi connectivity index (χ1n) is 5.87. The summed E-state index contributed by atoms with van der Waals surface area (Å²) in [5.41, 5.74) is 1.54. The second-order valence-corrected chi connectivity index (χ2v) is 5.22. The molecule has 3 nitrogen and oxygen atoms in total. The van der Waals surface area contributed by atoms with Gasteiger partial charge in [0.1, 0.15) is 4.90 Å². The van der Waals surface area contributed by atoms with Crippen molar-refractivity contribution in [3.63, 3.8) is 0 Å². The van der Waals surface area contributed by atoms with Crippen molar-refractivity contribution < 1.29 is 13.0 Å². The molecule has 4 heteroatoms. The Balaban J connectivity index is 0.000000771. The third kappa shape index (κ3) is 2.71. The SMILES string of the molecule is CC.Cc1ccc2c(C)cccc2c1S(=O)(=O)O. The van der Waals surface area contributed by atoms with E-state index in [9.17, 15) is 13.0 Å². The number of fused-ring (bicyclic) bond motifs is 1. The van der Waals surface area contributed by atoms with Crippen LogP contribution in [0.3, 0.4) is 0 Å². The van der Waals surface area contributed by atoms with Gasteiger partial charge in [0.15, 0.2) is 0 Å². The van der Waals surface area contributed by atoms with Crippen LogP contribution in [0, 0.1) is 13.8 Å². The topological polar surface area (TPSA) is 54.4 Å². The van der Waals surface area contributed by atoms with Gasteiger partial charge in [-0.3, -0.25) is 4.55 Å². The Hall–Kier alpha value is -1.39. The van der Waals surface area contributed by atoms with E-state index < -0.39 is 10.1 Å². The van der Waals surface area contributed by atoms with Crippen LogP contribution in [0.25, 0.3) is 10.8 Å². The lowest BCUT2D eigenvalue weighted by Gasteiger charge is -2.08. The number of hydrogen-bond donors (Lipinski definition) is 1. The molecule has 0 aliphatic rings. The first-order chi connectivity index (χ1) is 8.41. The highest BCUT2D eigenvalue weighted by molar-refractivity contribution is 7.86. The molecular formula is C14H18O3S. The van der Waals surface area contributed by atoms with Crippen LogP contribution in [0.1, 0.15) is 25.0 Å². The van der Waals surface area contributed by atoms with Gasteiger partial charge in [0.2, 0.25) is 0 Å². The van der Waals surface area contributed by atoms with Crippen LogP contribution in [-0.4, -0.2) is 13.0 Å². The number of rotatable bonds is 1. The molecule has 0 radical (unpaired) electrons. The molecular weight excluding hydrogens is 248 g/mol. The largest absolute Gasteiger partial charge is 0.295 e. The molecule has 0 saturated carbocycles. The highest BCUT2D eigenvalue weighted by Gasteiger charge is 2.17. The molecule has 1 N–H and O–H groups in total. The van der Waals surface area contributed by atoms with Gasteiger partial charge in [-0.1, -0.05) is 44.2 Å². The Kier molecular flexibility index (Phi) is 4.48. The molecule has 0 spiro atoms. The van der Waals surface area contributed by atoms with E-state index >= 15 is 0 Å². The fourth-order valence-electron chi connectivity index (χ4n) is 1.94. The molecule has 0 aliphatic heterocycles. The lowest BCUT2D eigenvalue weighted by molar-refractivity contribution is 0.483. The predicted molar refractivity (Wildman–Crippen MR) is 74.6 cm³/mol. The van der Waals surface area contributed by atoms with E-state index in [2.05, 4.69) is 0 Å². The minimum absolute atomic E-state index is 0.00806. The summed E-state index contributed by atoms with van der Waals surface area (Å²) in [6.07, 6.45) is 0. The van der Waals surface area contributed by atoms with E-state index in [4.69, 9.17) is 0 Å². The molecule has 18 heavy (non-hydrogen) atoms. The number of benzene rings is 2.